The highest BCUT2D eigenvalue weighted by Gasteiger charge is 2.38. The van der Waals surface area contributed by atoms with Crippen LogP contribution >= 0.6 is 11.3 Å². The Labute approximate surface area is 375 Å². The molecule has 0 saturated heterocycles. The second kappa shape index (κ2) is 13.2. The molecule has 0 radical (unpaired) electrons. The van der Waals surface area contributed by atoms with Crippen LogP contribution in [-0.2, 0) is 5.41 Å². The van der Waals surface area contributed by atoms with Crippen molar-refractivity contribution in [2.45, 2.75) is 19.3 Å². The molecule has 0 atom stereocenters. The normalized spacial score (nSPS) is 13.3. The molecular weight excluding hydrogens is 789 g/mol. The molecule has 298 valence electrons. The number of benzene rings is 12. The van der Waals surface area contributed by atoms with Gasteiger partial charge in [-0.15, -0.1) is 11.3 Å². The van der Waals surface area contributed by atoms with Crippen LogP contribution in [0.3, 0.4) is 0 Å². The van der Waals surface area contributed by atoms with Crippen molar-refractivity contribution in [3.8, 4) is 44.5 Å². The Hall–Kier alpha value is -7.58. The first-order valence-corrected chi connectivity index (χ1v) is 23.2. The summed E-state index contributed by atoms with van der Waals surface area (Å²) >= 11 is 1.95. The third-order valence-corrected chi connectivity index (χ3v) is 15.8. The quantitative estimate of drug-likeness (QED) is 0.123. The Balaban J connectivity index is 0.959. The predicted octanol–water partition coefficient (Wildman–Crippen LogP) is 18.3. The van der Waals surface area contributed by atoms with Crippen molar-refractivity contribution in [1.82, 2.24) is 0 Å². The number of thiophene rings is 1. The molecule has 64 heavy (non-hydrogen) atoms. The van der Waals surface area contributed by atoms with E-state index in [0.29, 0.717) is 0 Å². The van der Waals surface area contributed by atoms with Gasteiger partial charge in [-0.05, 0) is 133 Å². The minimum Gasteiger partial charge on any atom is -0.134 e. The van der Waals surface area contributed by atoms with Crippen LogP contribution in [0, 0.1) is 0 Å². The molecule has 0 nitrogen and oxygen atoms in total. The van der Waals surface area contributed by atoms with E-state index in [4.69, 9.17) is 0 Å². The van der Waals surface area contributed by atoms with Gasteiger partial charge in [-0.3, -0.25) is 0 Å². The van der Waals surface area contributed by atoms with Crippen LogP contribution in [0.1, 0.15) is 25.0 Å². The van der Waals surface area contributed by atoms with E-state index in [9.17, 15) is 0 Å². The number of fused-ring (bicyclic) bond motifs is 16. The van der Waals surface area contributed by atoms with Crippen molar-refractivity contribution in [1.29, 1.82) is 0 Å². The molecule has 13 aromatic rings. The molecule has 0 N–H and O–H groups in total. The summed E-state index contributed by atoms with van der Waals surface area (Å²) in [4.78, 5) is 0. The summed E-state index contributed by atoms with van der Waals surface area (Å²) < 4.78 is 2.74. The summed E-state index contributed by atoms with van der Waals surface area (Å²) in [5.74, 6) is 0. The van der Waals surface area contributed by atoms with Gasteiger partial charge >= 0.3 is 0 Å². The van der Waals surface area contributed by atoms with Gasteiger partial charge in [-0.1, -0.05) is 202 Å². The number of hydrogen-bond acceptors (Lipinski definition) is 1. The van der Waals surface area contributed by atoms with Crippen LogP contribution in [0.5, 0.6) is 0 Å². The van der Waals surface area contributed by atoms with Gasteiger partial charge in [0.25, 0.3) is 0 Å². The molecule has 1 heteroatoms. The number of rotatable bonds is 3. The molecule has 1 aliphatic rings. The molecule has 0 fully saturated rings. The zero-order valence-electron chi connectivity index (χ0n) is 35.5. The van der Waals surface area contributed by atoms with Gasteiger partial charge in [0, 0.05) is 31.0 Å². The van der Waals surface area contributed by atoms with Crippen molar-refractivity contribution in [3.05, 3.63) is 217 Å². The molecule has 14 rings (SSSR count). The first kappa shape index (κ1) is 36.0. The summed E-state index contributed by atoms with van der Waals surface area (Å²) in [6.07, 6.45) is 0. The smallest absolute Gasteiger partial charge is 0.0440 e. The van der Waals surface area contributed by atoms with Crippen LogP contribution in [0.2, 0.25) is 0 Å². The second-order valence-corrected chi connectivity index (χ2v) is 19.3. The monoisotopic (exact) mass is 828 g/mol. The summed E-state index contributed by atoms with van der Waals surface area (Å²) in [6.45, 7) is 4.84. The summed E-state index contributed by atoms with van der Waals surface area (Å²) in [7, 11) is 0. The van der Waals surface area contributed by atoms with Gasteiger partial charge < -0.3 is 0 Å². The Morgan fingerprint density at radius 3 is 1.59 bits per heavy atom. The first-order valence-electron chi connectivity index (χ1n) is 22.4. The molecule has 0 aliphatic heterocycles. The molecule has 0 bridgehead atoms. The molecule has 1 aliphatic carbocycles. The van der Waals surface area contributed by atoms with Gasteiger partial charge in [0.2, 0.25) is 0 Å². The fourth-order valence-corrected chi connectivity index (χ4v) is 13.1. The van der Waals surface area contributed by atoms with E-state index in [1.165, 1.54) is 140 Å². The maximum atomic E-state index is 2.49. The Morgan fingerprint density at radius 2 is 0.859 bits per heavy atom. The van der Waals surface area contributed by atoms with E-state index < -0.39 is 0 Å². The average Bonchev–Trinajstić information content (AvgIpc) is 3.86. The second-order valence-electron chi connectivity index (χ2n) is 18.3. The highest BCUT2D eigenvalue weighted by atomic mass is 32.1. The van der Waals surface area contributed by atoms with Crippen molar-refractivity contribution < 1.29 is 0 Å². The van der Waals surface area contributed by atoms with Crippen LogP contribution in [0.4, 0.5) is 0 Å². The van der Waals surface area contributed by atoms with Crippen molar-refractivity contribution >= 4 is 96.1 Å². The van der Waals surface area contributed by atoms with E-state index >= 15 is 0 Å². The largest absolute Gasteiger partial charge is 0.134 e. The SMILES string of the molecule is CC1(C)c2ccc(-c3c4ccccc4c(-c4ccc5ccccc5c4)c4ccccc34)cc2-c2cccc(-c3ccc4c(c3)c3ccccc3c3c5ccc6ccccc6c5sc43)c21. The zero-order chi connectivity index (χ0) is 42.3. The van der Waals surface area contributed by atoms with Crippen molar-refractivity contribution in [3.63, 3.8) is 0 Å². The molecule has 1 heterocycles. The van der Waals surface area contributed by atoms with Gasteiger partial charge in [0.15, 0.2) is 0 Å². The first-order chi connectivity index (χ1) is 31.5. The van der Waals surface area contributed by atoms with Crippen molar-refractivity contribution in [2.75, 3.05) is 0 Å². The molecule has 0 saturated carbocycles. The standard InChI is InChI=1S/C63H40S/c1-63(2)56-33-30-42(58-49-22-11-9-20-47(49)57(48-21-10-12-23-50(48)58)41-27-26-37-14-3-4-16-39(37)34-41)36-55(56)51-25-13-24-43(60(51)63)40-29-31-52-54(35-40)45-18-7-8-19-46(45)59-53-32-28-38-15-5-6-17-44(38)61(53)64-62(52)59/h3-36H,1-2H3. The minimum atomic E-state index is -0.197. The minimum absolute atomic E-state index is 0.197. The predicted molar refractivity (Wildman–Crippen MR) is 278 cm³/mol. The Kier molecular flexibility index (Phi) is 7.43. The van der Waals surface area contributed by atoms with E-state index in [0.717, 1.165) is 0 Å². The summed E-state index contributed by atoms with van der Waals surface area (Å²) in [6, 6.07) is 77.7. The molecule has 0 unspecified atom stereocenters. The Bertz CT molecular complexity index is 4100. The third-order valence-electron chi connectivity index (χ3n) is 14.6. The maximum absolute atomic E-state index is 2.49. The zero-order valence-corrected chi connectivity index (χ0v) is 36.4. The molecule has 12 aromatic carbocycles. The van der Waals surface area contributed by atoms with Crippen LogP contribution in [-0.4, -0.2) is 0 Å². The van der Waals surface area contributed by atoms with E-state index in [2.05, 4.69) is 220 Å². The lowest BCUT2D eigenvalue weighted by molar-refractivity contribution is 0.662. The molecule has 1 aromatic heterocycles. The number of hydrogen-bond donors (Lipinski definition) is 0. The van der Waals surface area contributed by atoms with Crippen LogP contribution < -0.4 is 0 Å². The van der Waals surface area contributed by atoms with Gasteiger partial charge in [-0.25, -0.2) is 0 Å². The van der Waals surface area contributed by atoms with Crippen LogP contribution in [0.25, 0.3) is 129 Å². The van der Waals surface area contributed by atoms with E-state index in [1.807, 2.05) is 11.3 Å². The van der Waals surface area contributed by atoms with Gasteiger partial charge in [-0.2, -0.15) is 0 Å². The lowest BCUT2D eigenvalue weighted by atomic mass is 9.78. The average molecular weight is 829 g/mol. The fraction of sp³-hybridized carbons (Fsp3) is 0.0476. The highest BCUT2D eigenvalue weighted by Crippen LogP contribution is 2.55. The maximum Gasteiger partial charge on any atom is 0.0440 e. The van der Waals surface area contributed by atoms with E-state index in [1.54, 1.807) is 0 Å². The summed E-state index contributed by atoms with van der Waals surface area (Å²) in [5.41, 5.74) is 12.9. The lowest BCUT2D eigenvalue weighted by Gasteiger charge is -2.25. The topological polar surface area (TPSA) is 0 Å². The molecular formula is C63H40S. The van der Waals surface area contributed by atoms with Gasteiger partial charge in [0.05, 0.1) is 0 Å². The third kappa shape index (κ3) is 4.93. The van der Waals surface area contributed by atoms with E-state index in [-0.39, 0.29) is 5.41 Å². The lowest BCUT2D eigenvalue weighted by Crippen LogP contribution is -2.16. The summed E-state index contributed by atoms with van der Waals surface area (Å²) in [5, 5.41) is 18.3. The fourth-order valence-electron chi connectivity index (χ4n) is 11.7. The Morgan fingerprint density at radius 1 is 0.312 bits per heavy atom. The van der Waals surface area contributed by atoms with Crippen molar-refractivity contribution in [2.24, 2.45) is 0 Å². The highest BCUT2D eigenvalue weighted by molar-refractivity contribution is 7.27. The molecule has 0 amide bonds. The molecule has 0 spiro atoms. The van der Waals surface area contributed by atoms with Crippen LogP contribution in [0.15, 0.2) is 206 Å². The van der Waals surface area contributed by atoms with Gasteiger partial charge in [0.1, 0.15) is 0 Å².